The SMILES string of the molecule is CCN(CC)c1nc(N)nc(N(CCC#N)C(C)C)n1. The Morgan fingerprint density at radius 1 is 1.15 bits per heavy atom. The molecule has 0 aliphatic rings. The summed E-state index contributed by atoms with van der Waals surface area (Å²) in [5.41, 5.74) is 5.79. The molecule has 0 saturated carbocycles. The average Bonchev–Trinajstić information content (AvgIpc) is 2.39. The Labute approximate surface area is 120 Å². The van der Waals surface area contributed by atoms with Gasteiger partial charge < -0.3 is 15.5 Å². The summed E-state index contributed by atoms with van der Waals surface area (Å²) in [5.74, 6) is 1.32. The molecule has 0 radical (unpaired) electrons. The zero-order chi connectivity index (χ0) is 15.1. The number of nitriles is 1. The van der Waals surface area contributed by atoms with Crippen molar-refractivity contribution in [1.82, 2.24) is 15.0 Å². The maximum absolute atomic E-state index is 8.75. The monoisotopic (exact) mass is 277 g/mol. The smallest absolute Gasteiger partial charge is 0.232 e. The molecule has 0 bridgehead atoms. The van der Waals surface area contributed by atoms with Gasteiger partial charge in [0.1, 0.15) is 0 Å². The lowest BCUT2D eigenvalue weighted by atomic mass is 10.3. The number of nitrogen functional groups attached to an aromatic ring is 1. The molecule has 0 aliphatic carbocycles. The van der Waals surface area contributed by atoms with E-state index < -0.39 is 0 Å². The van der Waals surface area contributed by atoms with Crippen molar-refractivity contribution in [3.05, 3.63) is 0 Å². The van der Waals surface area contributed by atoms with E-state index in [4.69, 9.17) is 11.0 Å². The van der Waals surface area contributed by atoms with E-state index >= 15 is 0 Å². The fourth-order valence-corrected chi connectivity index (χ4v) is 1.91. The van der Waals surface area contributed by atoms with E-state index in [9.17, 15) is 0 Å². The molecule has 1 aromatic rings. The predicted molar refractivity (Wildman–Crippen MR) is 80.5 cm³/mol. The summed E-state index contributed by atoms with van der Waals surface area (Å²) in [6, 6.07) is 2.33. The molecule has 0 aliphatic heterocycles. The standard InChI is InChI=1S/C13H23N7/c1-5-19(6-2)12-16-11(15)17-13(18-12)20(10(3)4)9-7-8-14/h10H,5-7,9H2,1-4H3,(H2,15,16,17,18). The molecule has 7 heteroatoms. The fraction of sp³-hybridized carbons (Fsp3) is 0.692. The van der Waals surface area contributed by atoms with Crippen LogP contribution in [0.3, 0.4) is 0 Å². The van der Waals surface area contributed by atoms with E-state index in [2.05, 4.69) is 21.0 Å². The zero-order valence-electron chi connectivity index (χ0n) is 12.7. The van der Waals surface area contributed by atoms with Gasteiger partial charge in [0.15, 0.2) is 0 Å². The van der Waals surface area contributed by atoms with E-state index in [0.29, 0.717) is 24.9 Å². The number of anilines is 3. The van der Waals surface area contributed by atoms with E-state index in [1.165, 1.54) is 0 Å². The first kappa shape index (κ1) is 16.0. The summed E-state index contributed by atoms with van der Waals surface area (Å²) in [6.45, 7) is 10.3. The zero-order valence-corrected chi connectivity index (χ0v) is 12.7. The highest BCUT2D eigenvalue weighted by Gasteiger charge is 2.17. The van der Waals surface area contributed by atoms with Crippen LogP contribution >= 0.6 is 0 Å². The summed E-state index contributed by atoms with van der Waals surface area (Å²) in [7, 11) is 0. The van der Waals surface area contributed by atoms with Crippen LogP contribution in [0.15, 0.2) is 0 Å². The lowest BCUT2D eigenvalue weighted by Crippen LogP contribution is -2.34. The Hall–Kier alpha value is -2.10. The predicted octanol–water partition coefficient (Wildman–Crippen LogP) is 1.43. The maximum atomic E-state index is 8.75. The Morgan fingerprint density at radius 2 is 1.75 bits per heavy atom. The van der Waals surface area contributed by atoms with Crippen LogP contribution in [0, 0.1) is 11.3 Å². The molecule has 0 atom stereocenters. The van der Waals surface area contributed by atoms with Gasteiger partial charge in [0, 0.05) is 25.7 Å². The lowest BCUT2D eigenvalue weighted by Gasteiger charge is -2.27. The fourth-order valence-electron chi connectivity index (χ4n) is 1.91. The molecule has 2 N–H and O–H groups in total. The number of nitrogens with two attached hydrogens (primary N) is 1. The number of aromatic nitrogens is 3. The Balaban J connectivity index is 3.12. The van der Waals surface area contributed by atoms with Gasteiger partial charge in [-0.1, -0.05) is 0 Å². The highest BCUT2D eigenvalue weighted by molar-refractivity contribution is 5.44. The van der Waals surface area contributed by atoms with Crippen molar-refractivity contribution >= 4 is 17.8 Å². The molecule has 110 valence electrons. The van der Waals surface area contributed by atoms with Gasteiger partial charge in [0.25, 0.3) is 0 Å². The summed E-state index contributed by atoms with van der Waals surface area (Å²) in [6.07, 6.45) is 0.421. The van der Waals surface area contributed by atoms with E-state index in [1.54, 1.807) is 0 Å². The summed E-state index contributed by atoms with van der Waals surface area (Å²) < 4.78 is 0. The van der Waals surface area contributed by atoms with Crippen molar-refractivity contribution in [3.63, 3.8) is 0 Å². The summed E-state index contributed by atoms with van der Waals surface area (Å²) >= 11 is 0. The van der Waals surface area contributed by atoms with Gasteiger partial charge in [-0.05, 0) is 27.7 Å². The van der Waals surface area contributed by atoms with Gasteiger partial charge in [-0.25, -0.2) is 0 Å². The second kappa shape index (κ2) is 7.48. The van der Waals surface area contributed by atoms with Crippen molar-refractivity contribution < 1.29 is 0 Å². The van der Waals surface area contributed by atoms with Gasteiger partial charge in [-0.3, -0.25) is 0 Å². The molecule has 7 nitrogen and oxygen atoms in total. The van der Waals surface area contributed by atoms with Crippen LogP contribution in [0.2, 0.25) is 0 Å². The van der Waals surface area contributed by atoms with Crippen LogP contribution in [0.1, 0.15) is 34.1 Å². The van der Waals surface area contributed by atoms with Gasteiger partial charge >= 0.3 is 0 Å². The molecule has 0 amide bonds. The van der Waals surface area contributed by atoms with Crippen LogP contribution in [-0.4, -0.2) is 40.6 Å². The third-order valence-electron chi connectivity index (χ3n) is 3.02. The van der Waals surface area contributed by atoms with Crippen molar-refractivity contribution in [2.75, 3.05) is 35.2 Å². The van der Waals surface area contributed by atoms with Gasteiger partial charge in [0.05, 0.1) is 12.5 Å². The molecular formula is C13H23N7. The third kappa shape index (κ3) is 3.95. The first-order valence-electron chi connectivity index (χ1n) is 6.93. The molecule has 1 aromatic heterocycles. The second-order valence-electron chi connectivity index (χ2n) is 4.66. The van der Waals surface area contributed by atoms with Crippen molar-refractivity contribution in [3.8, 4) is 6.07 Å². The van der Waals surface area contributed by atoms with E-state index in [0.717, 1.165) is 13.1 Å². The van der Waals surface area contributed by atoms with Gasteiger partial charge in [-0.2, -0.15) is 20.2 Å². The highest BCUT2D eigenvalue weighted by Crippen LogP contribution is 2.17. The van der Waals surface area contributed by atoms with E-state index in [-0.39, 0.29) is 12.0 Å². The first-order valence-corrected chi connectivity index (χ1v) is 6.93. The van der Waals surface area contributed by atoms with Gasteiger partial charge in [0.2, 0.25) is 17.8 Å². The average molecular weight is 277 g/mol. The first-order chi connectivity index (χ1) is 9.53. The van der Waals surface area contributed by atoms with Gasteiger partial charge in [-0.15, -0.1) is 0 Å². The van der Waals surface area contributed by atoms with Crippen LogP contribution in [-0.2, 0) is 0 Å². The Bertz CT molecular complexity index is 462. The third-order valence-corrected chi connectivity index (χ3v) is 3.02. The molecule has 0 unspecified atom stereocenters. The number of hydrogen-bond donors (Lipinski definition) is 1. The molecule has 0 saturated heterocycles. The second-order valence-corrected chi connectivity index (χ2v) is 4.66. The minimum Gasteiger partial charge on any atom is -0.368 e. The minimum absolute atomic E-state index is 0.190. The summed E-state index contributed by atoms with van der Waals surface area (Å²) in [4.78, 5) is 16.9. The lowest BCUT2D eigenvalue weighted by molar-refractivity contribution is 0.661. The van der Waals surface area contributed by atoms with Crippen molar-refractivity contribution in [1.29, 1.82) is 5.26 Å². The Morgan fingerprint density at radius 3 is 2.25 bits per heavy atom. The Kier molecular flexibility index (Phi) is 5.97. The van der Waals surface area contributed by atoms with Crippen molar-refractivity contribution in [2.45, 2.75) is 40.2 Å². The number of nitrogens with zero attached hydrogens (tertiary/aromatic N) is 6. The molecule has 20 heavy (non-hydrogen) atoms. The van der Waals surface area contributed by atoms with E-state index in [1.807, 2.05) is 37.5 Å². The molecule has 0 spiro atoms. The molecule has 1 rings (SSSR count). The quantitative estimate of drug-likeness (QED) is 0.805. The number of rotatable bonds is 7. The molecular weight excluding hydrogens is 254 g/mol. The van der Waals surface area contributed by atoms with Crippen LogP contribution in [0.5, 0.6) is 0 Å². The highest BCUT2D eigenvalue weighted by atomic mass is 15.4. The molecule has 0 aromatic carbocycles. The molecule has 0 fully saturated rings. The number of hydrogen-bond acceptors (Lipinski definition) is 7. The van der Waals surface area contributed by atoms with Crippen LogP contribution in [0.4, 0.5) is 17.8 Å². The molecule has 1 heterocycles. The maximum Gasteiger partial charge on any atom is 0.232 e. The normalized spacial score (nSPS) is 10.4. The summed E-state index contributed by atoms with van der Waals surface area (Å²) in [5, 5.41) is 8.75. The van der Waals surface area contributed by atoms with Crippen LogP contribution in [0.25, 0.3) is 0 Å². The topological polar surface area (TPSA) is 95.0 Å². The minimum atomic E-state index is 0.190. The van der Waals surface area contributed by atoms with Crippen molar-refractivity contribution in [2.24, 2.45) is 0 Å². The largest absolute Gasteiger partial charge is 0.368 e. The van der Waals surface area contributed by atoms with Crippen LogP contribution < -0.4 is 15.5 Å².